The molecule has 3 fully saturated rings. The van der Waals surface area contributed by atoms with Gasteiger partial charge in [0.15, 0.2) is 0 Å². The summed E-state index contributed by atoms with van der Waals surface area (Å²) < 4.78 is 0. The van der Waals surface area contributed by atoms with Crippen LogP contribution >= 0.6 is 0 Å². The van der Waals surface area contributed by atoms with Crippen molar-refractivity contribution in [2.75, 3.05) is 6.54 Å². The SMILES string of the molecule is CCNC(CC1CC2CCC1C2)C1CCC(CC)CC1. The van der Waals surface area contributed by atoms with Crippen LogP contribution in [0, 0.1) is 29.6 Å². The third kappa shape index (κ3) is 3.24. The van der Waals surface area contributed by atoms with Crippen molar-refractivity contribution in [1.82, 2.24) is 5.32 Å². The molecule has 2 bridgehead atoms. The Hall–Kier alpha value is -0.0400. The van der Waals surface area contributed by atoms with E-state index in [-0.39, 0.29) is 0 Å². The van der Waals surface area contributed by atoms with Gasteiger partial charge in [0.1, 0.15) is 0 Å². The van der Waals surface area contributed by atoms with Gasteiger partial charge in [-0.3, -0.25) is 0 Å². The standard InChI is InChI=1S/C19H35N/c1-3-14-5-8-16(9-6-14)19(20-4-2)13-18-12-15-7-10-17(18)11-15/h14-20H,3-13H2,1-2H3. The first-order chi connectivity index (χ1) is 9.80. The Kier molecular flexibility index (Phi) is 5.07. The molecule has 0 aliphatic heterocycles. The Balaban J connectivity index is 1.53. The first kappa shape index (κ1) is 14.9. The zero-order chi connectivity index (χ0) is 13.9. The zero-order valence-corrected chi connectivity index (χ0v) is 13.7. The van der Waals surface area contributed by atoms with Gasteiger partial charge in [-0.2, -0.15) is 0 Å². The summed E-state index contributed by atoms with van der Waals surface area (Å²) in [6.07, 6.45) is 15.1. The average Bonchev–Trinajstić information content (AvgIpc) is 3.09. The Morgan fingerprint density at radius 1 is 0.950 bits per heavy atom. The van der Waals surface area contributed by atoms with Crippen LogP contribution in [0.3, 0.4) is 0 Å². The smallest absolute Gasteiger partial charge is 0.00979 e. The molecule has 3 aliphatic carbocycles. The second-order valence-corrected chi connectivity index (χ2v) is 8.02. The molecule has 0 saturated heterocycles. The van der Waals surface area contributed by atoms with Crippen LogP contribution in [0.5, 0.6) is 0 Å². The van der Waals surface area contributed by atoms with E-state index < -0.39 is 0 Å². The highest BCUT2D eigenvalue weighted by Crippen LogP contribution is 2.50. The van der Waals surface area contributed by atoms with Gasteiger partial charge < -0.3 is 5.32 Å². The molecule has 20 heavy (non-hydrogen) atoms. The number of rotatable bonds is 6. The van der Waals surface area contributed by atoms with Gasteiger partial charge in [0.25, 0.3) is 0 Å². The maximum absolute atomic E-state index is 3.87. The van der Waals surface area contributed by atoms with Gasteiger partial charge in [0, 0.05) is 6.04 Å². The number of hydrogen-bond acceptors (Lipinski definition) is 1. The lowest BCUT2D eigenvalue weighted by Crippen LogP contribution is -2.40. The van der Waals surface area contributed by atoms with Crippen molar-refractivity contribution in [3.8, 4) is 0 Å². The minimum absolute atomic E-state index is 0.835. The predicted molar refractivity (Wildman–Crippen MR) is 86.8 cm³/mol. The molecule has 1 nitrogen and oxygen atoms in total. The van der Waals surface area contributed by atoms with Gasteiger partial charge in [0.2, 0.25) is 0 Å². The van der Waals surface area contributed by atoms with Crippen LogP contribution < -0.4 is 5.32 Å². The topological polar surface area (TPSA) is 12.0 Å². The van der Waals surface area contributed by atoms with Gasteiger partial charge in [0.05, 0.1) is 0 Å². The summed E-state index contributed by atoms with van der Waals surface area (Å²) in [7, 11) is 0. The van der Waals surface area contributed by atoms with Crippen molar-refractivity contribution < 1.29 is 0 Å². The van der Waals surface area contributed by atoms with Crippen LogP contribution in [-0.4, -0.2) is 12.6 Å². The van der Waals surface area contributed by atoms with Gasteiger partial charge >= 0.3 is 0 Å². The van der Waals surface area contributed by atoms with Crippen molar-refractivity contribution in [1.29, 1.82) is 0 Å². The molecule has 4 atom stereocenters. The Morgan fingerprint density at radius 3 is 2.30 bits per heavy atom. The van der Waals surface area contributed by atoms with Crippen LogP contribution in [-0.2, 0) is 0 Å². The molecular weight excluding hydrogens is 242 g/mol. The van der Waals surface area contributed by atoms with Crippen LogP contribution in [0.1, 0.15) is 78.1 Å². The van der Waals surface area contributed by atoms with Gasteiger partial charge in [-0.05, 0) is 74.7 Å². The highest BCUT2D eigenvalue weighted by atomic mass is 14.9. The van der Waals surface area contributed by atoms with Crippen molar-refractivity contribution in [2.24, 2.45) is 29.6 Å². The maximum Gasteiger partial charge on any atom is 0.00979 e. The van der Waals surface area contributed by atoms with Crippen molar-refractivity contribution in [2.45, 2.75) is 84.1 Å². The van der Waals surface area contributed by atoms with Gasteiger partial charge in [-0.1, -0.05) is 39.5 Å². The first-order valence-electron chi connectivity index (χ1n) is 9.53. The average molecular weight is 277 g/mol. The van der Waals surface area contributed by atoms with Gasteiger partial charge in [-0.25, -0.2) is 0 Å². The fourth-order valence-electron chi connectivity index (χ4n) is 5.69. The van der Waals surface area contributed by atoms with Crippen LogP contribution in [0.25, 0.3) is 0 Å². The fourth-order valence-corrected chi connectivity index (χ4v) is 5.69. The molecule has 0 spiro atoms. The summed E-state index contributed by atoms with van der Waals surface area (Å²) in [5.74, 6) is 5.31. The minimum Gasteiger partial charge on any atom is -0.314 e. The minimum atomic E-state index is 0.835. The normalized spacial score (nSPS) is 42.0. The lowest BCUT2D eigenvalue weighted by atomic mass is 9.74. The molecular formula is C19H35N. The van der Waals surface area contributed by atoms with Crippen molar-refractivity contribution in [3.63, 3.8) is 0 Å². The van der Waals surface area contributed by atoms with E-state index in [0.717, 1.165) is 35.6 Å². The quantitative estimate of drug-likeness (QED) is 0.720. The molecule has 0 heterocycles. The lowest BCUT2D eigenvalue weighted by molar-refractivity contribution is 0.180. The second-order valence-electron chi connectivity index (χ2n) is 8.02. The molecule has 4 unspecified atom stereocenters. The third-order valence-electron chi connectivity index (χ3n) is 6.95. The van der Waals surface area contributed by atoms with Crippen LogP contribution in [0.4, 0.5) is 0 Å². The summed E-state index contributed by atoms with van der Waals surface area (Å²) in [5.41, 5.74) is 0. The molecule has 1 heteroatoms. The highest BCUT2D eigenvalue weighted by molar-refractivity contribution is 4.93. The lowest BCUT2D eigenvalue weighted by Gasteiger charge is -2.36. The van der Waals surface area contributed by atoms with E-state index in [1.807, 2.05) is 0 Å². The maximum atomic E-state index is 3.87. The monoisotopic (exact) mass is 277 g/mol. The van der Waals surface area contributed by atoms with E-state index in [4.69, 9.17) is 0 Å². The molecule has 0 aromatic carbocycles. The summed E-state index contributed by atoms with van der Waals surface area (Å²) >= 11 is 0. The molecule has 0 aromatic heterocycles. The Bertz CT molecular complexity index is 292. The van der Waals surface area contributed by atoms with Crippen molar-refractivity contribution in [3.05, 3.63) is 0 Å². The van der Waals surface area contributed by atoms with E-state index in [2.05, 4.69) is 19.2 Å². The molecule has 0 aromatic rings. The summed E-state index contributed by atoms with van der Waals surface area (Å²) in [6.45, 7) is 5.84. The molecule has 0 amide bonds. The largest absolute Gasteiger partial charge is 0.314 e. The summed E-state index contributed by atoms with van der Waals surface area (Å²) in [4.78, 5) is 0. The summed E-state index contributed by atoms with van der Waals surface area (Å²) in [6, 6.07) is 0.835. The predicted octanol–water partition coefficient (Wildman–Crippen LogP) is 5.01. The second kappa shape index (κ2) is 6.81. The van der Waals surface area contributed by atoms with Crippen LogP contribution in [0.2, 0.25) is 0 Å². The molecule has 3 saturated carbocycles. The van der Waals surface area contributed by atoms with E-state index in [9.17, 15) is 0 Å². The Labute approximate surface area is 126 Å². The van der Waals surface area contributed by atoms with Crippen molar-refractivity contribution >= 4 is 0 Å². The van der Waals surface area contributed by atoms with E-state index in [0.29, 0.717) is 0 Å². The van der Waals surface area contributed by atoms with Crippen LogP contribution in [0.15, 0.2) is 0 Å². The molecule has 1 N–H and O–H groups in total. The Morgan fingerprint density at radius 2 is 1.75 bits per heavy atom. The van der Waals surface area contributed by atoms with E-state index in [1.54, 1.807) is 25.7 Å². The molecule has 116 valence electrons. The zero-order valence-electron chi connectivity index (χ0n) is 13.7. The molecule has 0 radical (unpaired) electrons. The number of hydrogen-bond donors (Lipinski definition) is 1. The fraction of sp³-hybridized carbons (Fsp3) is 1.00. The number of fused-ring (bicyclic) bond motifs is 2. The molecule has 3 rings (SSSR count). The van der Waals surface area contributed by atoms with Gasteiger partial charge in [-0.15, -0.1) is 0 Å². The third-order valence-corrected chi connectivity index (χ3v) is 6.95. The summed E-state index contributed by atoms with van der Waals surface area (Å²) in [5, 5.41) is 3.87. The highest BCUT2D eigenvalue weighted by Gasteiger charge is 2.41. The van der Waals surface area contributed by atoms with E-state index in [1.165, 1.54) is 45.1 Å². The number of nitrogens with one attached hydrogen (secondary N) is 1. The van der Waals surface area contributed by atoms with E-state index >= 15 is 0 Å². The first-order valence-corrected chi connectivity index (χ1v) is 9.53. The molecule has 3 aliphatic rings.